The Balaban J connectivity index is 1.61. The normalized spacial score (nSPS) is 11.0. The minimum atomic E-state index is -0.0346. The average molecular weight is 360 g/mol. The lowest BCUT2D eigenvalue weighted by Gasteiger charge is -2.12. The van der Waals surface area contributed by atoms with Crippen molar-refractivity contribution in [1.29, 1.82) is 0 Å². The van der Waals surface area contributed by atoms with E-state index in [1.54, 1.807) is 11.3 Å². The number of benzene rings is 2. The Bertz CT molecular complexity index is 1050. The summed E-state index contributed by atoms with van der Waals surface area (Å²) in [7, 11) is 0. The average Bonchev–Trinajstić information content (AvgIpc) is 3.24. The van der Waals surface area contributed by atoms with Crippen LogP contribution >= 0.6 is 11.3 Å². The van der Waals surface area contributed by atoms with Crippen molar-refractivity contribution in [3.63, 3.8) is 0 Å². The molecule has 0 aliphatic rings. The number of carbonyl (C=O) groups is 1. The van der Waals surface area contributed by atoms with Crippen LogP contribution in [0.25, 0.3) is 10.2 Å². The van der Waals surface area contributed by atoms with E-state index in [1.807, 2.05) is 36.4 Å². The SMILES string of the molecule is Cc1ccccc1CNC(=O)c1cc2sccc2n1Cc1ccccc1. The van der Waals surface area contributed by atoms with Crippen LogP contribution in [0, 0.1) is 6.92 Å². The molecule has 2 aromatic carbocycles. The van der Waals surface area contributed by atoms with Crippen LogP contribution in [0.4, 0.5) is 0 Å². The van der Waals surface area contributed by atoms with E-state index in [4.69, 9.17) is 0 Å². The zero-order valence-corrected chi connectivity index (χ0v) is 15.4. The van der Waals surface area contributed by atoms with Gasteiger partial charge in [-0.25, -0.2) is 0 Å². The third-order valence-corrected chi connectivity index (χ3v) is 5.49. The van der Waals surface area contributed by atoms with Gasteiger partial charge in [0.1, 0.15) is 5.69 Å². The van der Waals surface area contributed by atoms with Gasteiger partial charge >= 0.3 is 0 Å². The molecular formula is C22H20N2OS. The van der Waals surface area contributed by atoms with Crippen LogP contribution in [-0.2, 0) is 13.1 Å². The number of thiophene rings is 1. The van der Waals surface area contributed by atoms with Crippen molar-refractivity contribution in [3.05, 3.63) is 94.5 Å². The number of fused-ring (bicyclic) bond motifs is 1. The van der Waals surface area contributed by atoms with E-state index in [2.05, 4.69) is 52.5 Å². The van der Waals surface area contributed by atoms with Crippen molar-refractivity contribution in [3.8, 4) is 0 Å². The van der Waals surface area contributed by atoms with Crippen LogP contribution < -0.4 is 5.32 Å². The van der Waals surface area contributed by atoms with Gasteiger partial charge in [-0.15, -0.1) is 11.3 Å². The summed E-state index contributed by atoms with van der Waals surface area (Å²) in [6, 6.07) is 22.5. The molecule has 0 aliphatic heterocycles. The molecule has 0 fully saturated rings. The molecular weight excluding hydrogens is 340 g/mol. The number of nitrogens with zero attached hydrogens (tertiary/aromatic N) is 1. The number of aryl methyl sites for hydroxylation is 1. The fourth-order valence-corrected chi connectivity index (χ4v) is 4.00. The van der Waals surface area contributed by atoms with E-state index in [0.717, 1.165) is 15.8 Å². The predicted octanol–water partition coefficient (Wildman–Crippen LogP) is 4.99. The molecule has 3 nitrogen and oxygen atoms in total. The standard InChI is InChI=1S/C22H20N2OS/c1-16-7-5-6-10-18(16)14-23-22(25)20-13-21-19(11-12-26-21)24(20)15-17-8-3-2-4-9-17/h2-13H,14-15H2,1H3,(H,23,25). The third-order valence-electron chi connectivity index (χ3n) is 4.64. The lowest BCUT2D eigenvalue weighted by molar-refractivity contribution is 0.0942. The van der Waals surface area contributed by atoms with Gasteiger partial charge in [0.2, 0.25) is 0 Å². The summed E-state index contributed by atoms with van der Waals surface area (Å²) in [5, 5.41) is 5.15. The van der Waals surface area contributed by atoms with Crippen LogP contribution in [-0.4, -0.2) is 10.5 Å². The molecule has 0 aliphatic carbocycles. The highest BCUT2D eigenvalue weighted by molar-refractivity contribution is 7.17. The summed E-state index contributed by atoms with van der Waals surface area (Å²) in [6.07, 6.45) is 0. The highest BCUT2D eigenvalue weighted by Crippen LogP contribution is 2.26. The molecule has 0 bridgehead atoms. The van der Waals surface area contributed by atoms with Gasteiger partial charge < -0.3 is 9.88 Å². The third kappa shape index (κ3) is 3.28. The first-order valence-electron chi connectivity index (χ1n) is 8.66. The van der Waals surface area contributed by atoms with E-state index in [-0.39, 0.29) is 5.91 Å². The van der Waals surface area contributed by atoms with E-state index in [0.29, 0.717) is 18.8 Å². The molecule has 2 heterocycles. The van der Waals surface area contributed by atoms with Crippen molar-refractivity contribution >= 4 is 27.5 Å². The van der Waals surface area contributed by atoms with Gasteiger partial charge in [0.25, 0.3) is 5.91 Å². The van der Waals surface area contributed by atoms with Crippen molar-refractivity contribution in [1.82, 2.24) is 9.88 Å². The highest BCUT2D eigenvalue weighted by atomic mass is 32.1. The van der Waals surface area contributed by atoms with Gasteiger partial charge in [-0.1, -0.05) is 54.6 Å². The number of carbonyl (C=O) groups excluding carboxylic acids is 1. The molecule has 1 amide bonds. The Kier molecular flexibility index (Phi) is 4.59. The first-order chi connectivity index (χ1) is 12.7. The number of hydrogen-bond acceptors (Lipinski definition) is 2. The second-order valence-electron chi connectivity index (χ2n) is 6.38. The summed E-state index contributed by atoms with van der Waals surface area (Å²) < 4.78 is 3.25. The van der Waals surface area contributed by atoms with E-state index in [1.165, 1.54) is 11.1 Å². The van der Waals surface area contributed by atoms with E-state index < -0.39 is 0 Å². The summed E-state index contributed by atoms with van der Waals surface area (Å²) in [5.74, 6) is -0.0346. The number of aromatic nitrogens is 1. The molecule has 0 unspecified atom stereocenters. The molecule has 0 spiro atoms. The minimum absolute atomic E-state index is 0.0346. The van der Waals surface area contributed by atoms with Gasteiger partial charge in [0.15, 0.2) is 0 Å². The van der Waals surface area contributed by atoms with Crippen LogP contribution in [0.2, 0.25) is 0 Å². The second-order valence-corrected chi connectivity index (χ2v) is 7.33. The lowest BCUT2D eigenvalue weighted by Crippen LogP contribution is -2.26. The van der Waals surface area contributed by atoms with Crippen molar-refractivity contribution in [2.24, 2.45) is 0 Å². The molecule has 2 aromatic heterocycles. The Labute approximate surface area is 156 Å². The molecule has 26 heavy (non-hydrogen) atoms. The Morgan fingerprint density at radius 3 is 2.62 bits per heavy atom. The summed E-state index contributed by atoms with van der Waals surface area (Å²) >= 11 is 1.67. The van der Waals surface area contributed by atoms with Crippen molar-refractivity contribution < 1.29 is 4.79 Å². The largest absolute Gasteiger partial charge is 0.347 e. The van der Waals surface area contributed by atoms with Gasteiger partial charge in [0.05, 0.1) is 10.2 Å². The summed E-state index contributed by atoms with van der Waals surface area (Å²) in [4.78, 5) is 12.9. The molecule has 0 atom stereocenters. The predicted molar refractivity (Wildman–Crippen MR) is 108 cm³/mol. The molecule has 0 saturated heterocycles. The topological polar surface area (TPSA) is 34.0 Å². The smallest absolute Gasteiger partial charge is 0.268 e. The molecule has 4 aromatic rings. The van der Waals surface area contributed by atoms with Gasteiger partial charge in [0, 0.05) is 13.1 Å². The molecule has 0 saturated carbocycles. The maximum atomic E-state index is 12.9. The second kappa shape index (κ2) is 7.18. The first-order valence-corrected chi connectivity index (χ1v) is 9.54. The van der Waals surface area contributed by atoms with Crippen LogP contribution in [0.15, 0.2) is 72.1 Å². The molecule has 4 rings (SSSR count). The maximum absolute atomic E-state index is 12.9. The van der Waals surface area contributed by atoms with E-state index in [9.17, 15) is 4.79 Å². The van der Waals surface area contributed by atoms with Crippen LogP contribution in [0.3, 0.4) is 0 Å². The lowest BCUT2D eigenvalue weighted by atomic mass is 10.1. The Morgan fingerprint density at radius 2 is 1.81 bits per heavy atom. The Hall–Kier alpha value is -2.85. The Morgan fingerprint density at radius 1 is 1.04 bits per heavy atom. The molecule has 130 valence electrons. The fourth-order valence-electron chi connectivity index (χ4n) is 3.18. The van der Waals surface area contributed by atoms with Crippen LogP contribution in [0.5, 0.6) is 0 Å². The molecule has 4 heteroatoms. The van der Waals surface area contributed by atoms with Gasteiger partial charge in [-0.05, 0) is 41.1 Å². The van der Waals surface area contributed by atoms with Crippen LogP contribution in [0.1, 0.15) is 27.2 Å². The van der Waals surface area contributed by atoms with E-state index >= 15 is 0 Å². The highest BCUT2D eigenvalue weighted by Gasteiger charge is 2.16. The molecule has 0 radical (unpaired) electrons. The maximum Gasteiger partial charge on any atom is 0.268 e. The number of hydrogen-bond donors (Lipinski definition) is 1. The van der Waals surface area contributed by atoms with Gasteiger partial charge in [-0.3, -0.25) is 4.79 Å². The van der Waals surface area contributed by atoms with Crippen molar-refractivity contribution in [2.75, 3.05) is 0 Å². The zero-order valence-electron chi connectivity index (χ0n) is 14.6. The minimum Gasteiger partial charge on any atom is -0.347 e. The number of amides is 1. The zero-order chi connectivity index (χ0) is 17.9. The quantitative estimate of drug-likeness (QED) is 0.534. The monoisotopic (exact) mass is 360 g/mol. The van der Waals surface area contributed by atoms with Crippen molar-refractivity contribution in [2.45, 2.75) is 20.0 Å². The molecule has 1 N–H and O–H groups in total. The van der Waals surface area contributed by atoms with Gasteiger partial charge in [-0.2, -0.15) is 0 Å². The summed E-state index contributed by atoms with van der Waals surface area (Å²) in [6.45, 7) is 3.29. The summed E-state index contributed by atoms with van der Waals surface area (Å²) in [5.41, 5.74) is 5.34. The fraction of sp³-hybridized carbons (Fsp3) is 0.136. The first kappa shape index (κ1) is 16.6. The number of nitrogens with one attached hydrogen (secondary N) is 1. The number of rotatable bonds is 5.